The largest absolute Gasteiger partial charge is 0.392 e. The van der Waals surface area contributed by atoms with E-state index < -0.39 is 33.0 Å². The molecule has 2 aliphatic carbocycles. The van der Waals surface area contributed by atoms with Gasteiger partial charge < -0.3 is 5.11 Å². The molecule has 8 heteroatoms. The molecule has 0 radical (unpaired) electrons. The average molecular weight is 489 g/mol. The number of aryl methyl sites for hydroxylation is 1. The zero-order valence-corrected chi connectivity index (χ0v) is 21.0. The monoisotopic (exact) mass is 488 g/mol. The molecule has 0 aliphatic heterocycles. The second-order valence-corrected chi connectivity index (χ2v) is 12.1. The first kappa shape index (κ1) is 23.4. The van der Waals surface area contributed by atoms with Crippen LogP contribution in [0.3, 0.4) is 0 Å². The van der Waals surface area contributed by atoms with Gasteiger partial charge in [0.15, 0.2) is 0 Å². The highest BCUT2D eigenvalue weighted by Gasteiger charge is 2.51. The summed E-state index contributed by atoms with van der Waals surface area (Å²) in [6, 6.07) is 11.7. The van der Waals surface area contributed by atoms with E-state index >= 15 is 0 Å². The van der Waals surface area contributed by atoms with Gasteiger partial charge in [0.25, 0.3) is 10.0 Å². The first-order valence-corrected chi connectivity index (χ1v) is 13.0. The van der Waals surface area contributed by atoms with Crippen LogP contribution in [0, 0.1) is 12.3 Å². The fourth-order valence-electron chi connectivity index (χ4n) is 5.73. The maximum Gasteiger partial charge on any atom is 0.268 e. The molecule has 3 atom stereocenters. The number of benzene rings is 2. The lowest BCUT2D eigenvalue weighted by Gasteiger charge is -2.48. The number of fused-ring (bicyclic) bond motifs is 1. The molecule has 0 unspecified atom stereocenters. The number of nitrogens with zero attached hydrogens (tertiary/aromatic N) is 4. The Labute approximate surface area is 205 Å². The highest BCUT2D eigenvalue weighted by Crippen LogP contribution is 2.57. The Morgan fingerprint density at radius 1 is 1.20 bits per heavy atom. The molecule has 0 amide bonds. The third kappa shape index (κ3) is 3.07. The highest BCUT2D eigenvalue weighted by molar-refractivity contribution is 7.90. The SMILES string of the molecule is C=C[C@@]1(C)[C@H](O)CC2=C(c3cn(S(=O)(=O)c4ccc(C)cc4)c4cccc(c34)C2(C)C)[C@H]1N=[N+]=[N-]. The van der Waals surface area contributed by atoms with Crippen molar-refractivity contribution in [3.05, 3.63) is 94.0 Å². The van der Waals surface area contributed by atoms with E-state index in [1.165, 1.54) is 3.97 Å². The summed E-state index contributed by atoms with van der Waals surface area (Å²) in [6.45, 7) is 11.8. The van der Waals surface area contributed by atoms with Gasteiger partial charge in [0.05, 0.1) is 22.6 Å². The van der Waals surface area contributed by atoms with Crippen LogP contribution in [0.2, 0.25) is 0 Å². The molecule has 7 nitrogen and oxygen atoms in total. The van der Waals surface area contributed by atoms with Gasteiger partial charge in [-0.05, 0) is 48.2 Å². The summed E-state index contributed by atoms with van der Waals surface area (Å²) >= 11 is 0. The lowest BCUT2D eigenvalue weighted by Crippen LogP contribution is -2.47. The van der Waals surface area contributed by atoms with Crippen molar-refractivity contribution in [1.82, 2.24) is 3.97 Å². The van der Waals surface area contributed by atoms with E-state index in [4.69, 9.17) is 0 Å². The topological polar surface area (TPSA) is 108 Å². The zero-order valence-electron chi connectivity index (χ0n) is 20.2. The normalized spacial score (nSPS) is 25.2. The Bertz CT molecular complexity index is 1570. The quantitative estimate of drug-likeness (QED) is 0.215. The van der Waals surface area contributed by atoms with Gasteiger partial charge in [0.2, 0.25) is 0 Å². The summed E-state index contributed by atoms with van der Waals surface area (Å²) in [5, 5.41) is 16.1. The van der Waals surface area contributed by atoms with E-state index in [2.05, 4.69) is 30.5 Å². The van der Waals surface area contributed by atoms with Crippen LogP contribution in [-0.4, -0.2) is 29.6 Å². The Balaban J connectivity index is 1.88. The standard InChI is InChI=1S/C27H28N4O3S/c1-6-27(5)22(32)14-20-24(25(27)29-30-28)18-15-31(35(33,34)17-12-10-16(2)11-13-17)21-9-7-8-19(23(18)21)26(20,3)4/h6-13,15,22,25,32H,1,14H2,2-5H3/t22-,25-,27+/m1/s1. The molecule has 2 aromatic carbocycles. The van der Waals surface area contributed by atoms with E-state index in [1.54, 1.807) is 36.5 Å². The molecule has 5 rings (SSSR count). The highest BCUT2D eigenvalue weighted by atomic mass is 32.2. The maximum absolute atomic E-state index is 13.8. The van der Waals surface area contributed by atoms with E-state index in [1.807, 2.05) is 32.0 Å². The lowest BCUT2D eigenvalue weighted by atomic mass is 9.58. The van der Waals surface area contributed by atoms with Crippen LogP contribution in [0.15, 0.2) is 76.9 Å². The molecule has 1 N–H and O–H groups in total. The van der Waals surface area contributed by atoms with Crippen LogP contribution >= 0.6 is 0 Å². The minimum Gasteiger partial charge on any atom is -0.392 e. The Hall–Kier alpha value is -3.32. The average Bonchev–Trinajstić information content (AvgIpc) is 3.22. The molecular weight excluding hydrogens is 460 g/mol. The molecule has 35 heavy (non-hydrogen) atoms. The van der Waals surface area contributed by atoms with E-state index in [0.29, 0.717) is 11.9 Å². The molecule has 3 aromatic rings. The zero-order chi connectivity index (χ0) is 25.3. The first-order chi connectivity index (χ1) is 16.5. The van der Waals surface area contributed by atoms with Crippen LogP contribution in [0.5, 0.6) is 0 Å². The Morgan fingerprint density at radius 3 is 2.51 bits per heavy atom. The molecule has 1 heterocycles. The van der Waals surface area contributed by atoms with Crippen LogP contribution in [0.4, 0.5) is 0 Å². The maximum atomic E-state index is 13.8. The molecule has 2 aliphatic rings. The lowest BCUT2D eigenvalue weighted by molar-refractivity contribution is 0.0547. The second kappa shape index (κ2) is 7.59. The molecule has 0 spiro atoms. The smallest absolute Gasteiger partial charge is 0.268 e. The summed E-state index contributed by atoms with van der Waals surface area (Å²) in [4.78, 5) is 3.31. The van der Waals surface area contributed by atoms with Gasteiger partial charge in [-0.1, -0.05) is 67.4 Å². The van der Waals surface area contributed by atoms with E-state index in [0.717, 1.165) is 33.2 Å². The van der Waals surface area contributed by atoms with Crippen molar-refractivity contribution < 1.29 is 13.5 Å². The second-order valence-electron chi connectivity index (χ2n) is 10.3. The van der Waals surface area contributed by atoms with Crippen molar-refractivity contribution in [2.75, 3.05) is 0 Å². The van der Waals surface area contributed by atoms with Crippen LogP contribution in [-0.2, 0) is 15.4 Å². The minimum absolute atomic E-state index is 0.200. The number of aliphatic hydroxyl groups excluding tert-OH is 1. The van der Waals surface area contributed by atoms with Gasteiger partial charge in [-0.3, -0.25) is 0 Å². The third-order valence-corrected chi connectivity index (χ3v) is 9.69. The number of hydrogen-bond acceptors (Lipinski definition) is 4. The molecule has 180 valence electrons. The van der Waals surface area contributed by atoms with Gasteiger partial charge in [0, 0.05) is 32.9 Å². The molecule has 0 saturated heterocycles. The van der Waals surface area contributed by atoms with Crippen molar-refractivity contribution in [1.29, 1.82) is 0 Å². The first-order valence-electron chi connectivity index (χ1n) is 11.5. The summed E-state index contributed by atoms with van der Waals surface area (Å²) in [5.74, 6) is 0. The van der Waals surface area contributed by atoms with Crippen LogP contribution in [0.1, 0.15) is 43.9 Å². The summed E-state index contributed by atoms with van der Waals surface area (Å²) in [5.41, 5.74) is 13.0. The van der Waals surface area contributed by atoms with E-state index in [9.17, 15) is 19.1 Å². The van der Waals surface area contributed by atoms with Crippen molar-refractivity contribution in [3.8, 4) is 0 Å². The van der Waals surface area contributed by atoms with Gasteiger partial charge in [-0.15, -0.1) is 6.58 Å². The minimum atomic E-state index is -3.89. The molecule has 0 saturated carbocycles. The van der Waals surface area contributed by atoms with Gasteiger partial charge >= 0.3 is 0 Å². The molecular formula is C27H28N4O3S. The molecule has 1 aromatic heterocycles. The van der Waals surface area contributed by atoms with Gasteiger partial charge in [-0.2, -0.15) is 0 Å². The van der Waals surface area contributed by atoms with Crippen molar-refractivity contribution >= 4 is 26.5 Å². The number of aliphatic hydroxyl groups is 1. The fraction of sp³-hybridized carbons (Fsp3) is 0.333. The molecule has 0 fully saturated rings. The van der Waals surface area contributed by atoms with Crippen molar-refractivity contribution in [2.45, 2.75) is 56.6 Å². The fourth-order valence-corrected chi connectivity index (χ4v) is 7.10. The molecule has 0 bridgehead atoms. The number of azide groups is 1. The summed E-state index contributed by atoms with van der Waals surface area (Å²) in [6.07, 6.45) is 2.86. The van der Waals surface area contributed by atoms with Crippen molar-refractivity contribution in [2.24, 2.45) is 10.5 Å². The van der Waals surface area contributed by atoms with Crippen molar-refractivity contribution in [3.63, 3.8) is 0 Å². The van der Waals surface area contributed by atoms with Crippen LogP contribution in [0.25, 0.3) is 26.9 Å². The predicted octanol–water partition coefficient (Wildman–Crippen LogP) is 5.87. The third-order valence-electron chi connectivity index (χ3n) is 8.00. The number of aromatic nitrogens is 1. The van der Waals surface area contributed by atoms with Crippen LogP contribution < -0.4 is 0 Å². The Morgan fingerprint density at radius 2 is 1.89 bits per heavy atom. The number of hydrogen-bond donors (Lipinski definition) is 1. The Kier molecular flexibility index (Phi) is 5.08. The summed E-state index contributed by atoms with van der Waals surface area (Å²) < 4.78 is 28.9. The van der Waals surface area contributed by atoms with Gasteiger partial charge in [0.1, 0.15) is 0 Å². The predicted molar refractivity (Wildman–Crippen MR) is 138 cm³/mol. The number of rotatable bonds is 4. The summed E-state index contributed by atoms with van der Waals surface area (Å²) in [7, 11) is -3.89. The van der Waals surface area contributed by atoms with Gasteiger partial charge in [-0.25, -0.2) is 12.4 Å². The van der Waals surface area contributed by atoms with E-state index in [-0.39, 0.29) is 4.90 Å².